The predicted molar refractivity (Wildman–Crippen MR) is 40.6 cm³/mol. The van der Waals surface area contributed by atoms with E-state index in [2.05, 4.69) is 12.2 Å². The highest BCUT2D eigenvalue weighted by molar-refractivity contribution is 5.35. The van der Waals surface area contributed by atoms with Crippen LogP contribution in [0.2, 0.25) is 0 Å². The molecular weight excluding hydrogens is 124 g/mol. The molecule has 0 aromatic rings. The largest absolute Gasteiger partial charge is 0.388 e. The van der Waals surface area contributed by atoms with E-state index in [4.69, 9.17) is 0 Å². The molecule has 1 atom stereocenters. The van der Waals surface area contributed by atoms with E-state index in [1.807, 2.05) is 0 Å². The van der Waals surface area contributed by atoms with E-state index < -0.39 is 0 Å². The first-order valence-corrected chi connectivity index (χ1v) is 3.94. The molecule has 0 aromatic heterocycles. The van der Waals surface area contributed by atoms with Crippen molar-refractivity contribution in [2.75, 3.05) is 0 Å². The molecule has 0 amide bonds. The maximum absolute atomic E-state index is 9.47. The molecular formula is C9H12O. The van der Waals surface area contributed by atoms with E-state index in [-0.39, 0.29) is 6.10 Å². The minimum atomic E-state index is -0.150. The number of aliphatic hydroxyl groups is 1. The van der Waals surface area contributed by atoms with Crippen LogP contribution in [0.5, 0.6) is 0 Å². The summed E-state index contributed by atoms with van der Waals surface area (Å²) in [4.78, 5) is 0. The van der Waals surface area contributed by atoms with Gasteiger partial charge < -0.3 is 5.11 Å². The quantitative estimate of drug-likeness (QED) is 0.538. The minimum absolute atomic E-state index is 0.150. The van der Waals surface area contributed by atoms with Gasteiger partial charge >= 0.3 is 0 Å². The molecule has 0 saturated carbocycles. The average molecular weight is 136 g/mol. The molecule has 2 aliphatic carbocycles. The fourth-order valence-electron chi connectivity index (χ4n) is 1.84. The number of aliphatic hydroxyl groups excluding tert-OH is 1. The molecule has 0 heterocycles. The van der Waals surface area contributed by atoms with Gasteiger partial charge in [0.05, 0.1) is 6.10 Å². The smallest absolute Gasteiger partial charge is 0.0790 e. The van der Waals surface area contributed by atoms with E-state index >= 15 is 0 Å². The Bertz CT molecular complexity index is 201. The van der Waals surface area contributed by atoms with Crippen molar-refractivity contribution in [1.82, 2.24) is 0 Å². The molecule has 0 bridgehead atoms. The minimum Gasteiger partial charge on any atom is -0.388 e. The van der Waals surface area contributed by atoms with Crippen LogP contribution < -0.4 is 0 Å². The highest BCUT2D eigenvalue weighted by Gasteiger charge is 2.20. The van der Waals surface area contributed by atoms with Gasteiger partial charge in [-0.05, 0) is 36.8 Å². The zero-order chi connectivity index (χ0) is 6.97. The summed E-state index contributed by atoms with van der Waals surface area (Å²) in [5.41, 5.74) is 2.71. The Morgan fingerprint density at radius 1 is 1.40 bits per heavy atom. The molecule has 1 N–H and O–H groups in total. The van der Waals surface area contributed by atoms with Crippen LogP contribution in [0.4, 0.5) is 0 Å². The molecule has 10 heavy (non-hydrogen) atoms. The van der Waals surface area contributed by atoms with Gasteiger partial charge in [-0.3, -0.25) is 0 Å². The highest BCUT2D eigenvalue weighted by Crippen LogP contribution is 2.33. The molecule has 0 radical (unpaired) electrons. The Morgan fingerprint density at radius 3 is 3.10 bits per heavy atom. The molecule has 54 valence electrons. The van der Waals surface area contributed by atoms with Crippen LogP contribution in [0.3, 0.4) is 0 Å². The van der Waals surface area contributed by atoms with Crippen molar-refractivity contribution in [2.24, 2.45) is 0 Å². The zero-order valence-electron chi connectivity index (χ0n) is 6.01. The molecule has 1 unspecified atom stereocenters. The third-order valence-electron chi connectivity index (χ3n) is 2.39. The van der Waals surface area contributed by atoms with Crippen LogP contribution in [0.25, 0.3) is 0 Å². The molecule has 0 aromatic carbocycles. The van der Waals surface area contributed by atoms with Crippen molar-refractivity contribution in [1.29, 1.82) is 0 Å². The summed E-state index contributed by atoms with van der Waals surface area (Å²) in [5, 5.41) is 9.47. The second kappa shape index (κ2) is 2.24. The lowest BCUT2D eigenvalue weighted by Gasteiger charge is -2.14. The normalized spacial score (nSPS) is 31.1. The summed E-state index contributed by atoms with van der Waals surface area (Å²) >= 11 is 0. The van der Waals surface area contributed by atoms with Gasteiger partial charge in [0.2, 0.25) is 0 Å². The summed E-state index contributed by atoms with van der Waals surface area (Å²) in [6, 6.07) is 0. The van der Waals surface area contributed by atoms with E-state index in [1.165, 1.54) is 24.0 Å². The maximum Gasteiger partial charge on any atom is 0.0790 e. The van der Waals surface area contributed by atoms with Crippen molar-refractivity contribution in [3.63, 3.8) is 0 Å². The van der Waals surface area contributed by atoms with Crippen LogP contribution >= 0.6 is 0 Å². The van der Waals surface area contributed by atoms with Crippen LogP contribution in [-0.4, -0.2) is 11.2 Å². The Kier molecular flexibility index (Phi) is 1.38. The summed E-state index contributed by atoms with van der Waals surface area (Å²) in [7, 11) is 0. The molecule has 2 aliphatic rings. The first-order valence-electron chi connectivity index (χ1n) is 3.94. The van der Waals surface area contributed by atoms with Crippen LogP contribution in [0, 0.1) is 0 Å². The number of hydrogen-bond acceptors (Lipinski definition) is 1. The molecule has 1 nitrogen and oxygen atoms in total. The third-order valence-corrected chi connectivity index (χ3v) is 2.39. The lowest BCUT2D eigenvalue weighted by molar-refractivity contribution is 0.209. The van der Waals surface area contributed by atoms with Crippen molar-refractivity contribution in [3.05, 3.63) is 23.3 Å². The van der Waals surface area contributed by atoms with Gasteiger partial charge in [-0.15, -0.1) is 0 Å². The lowest BCUT2D eigenvalue weighted by Crippen LogP contribution is -2.10. The van der Waals surface area contributed by atoms with Crippen molar-refractivity contribution in [2.45, 2.75) is 31.8 Å². The lowest BCUT2D eigenvalue weighted by atomic mass is 9.98. The van der Waals surface area contributed by atoms with E-state index in [0.717, 1.165) is 12.8 Å². The van der Waals surface area contributed by atoms with Gasteiger partial charge in [-0.25, -0.2) is 0 Å². The van der Waals surface area contributed by atoms with Crippen molar-refractivity contribution >= 4 is 0 Å². The standard InChI is InChI=1S/C9H12O/c10-9-6-2-4-7-3-1-5-8(7)9/h2,4,9-10H,1,3,5-6H2. The molecule has 2 rings (SSSR count). The zero-order valence-corrected chi connectivity index (χ0v) is 6.01. The van der Waals surface area contributed by atoms with Crippen molar-refractivity contribution in [3.8, 4) is 0 Å². The summed E-state index contributed by atoms with van der Waals surface area (Å²) in [6.07, 6.45) is 8.49. The van der Waals surface area contributed by atoms with Gasteiger partial charge in [0.1, 0.15) is 0 Å². The van der Waals surface area contributed by atoms with Gasteiger partial charge in [-0.2, -0.15) is 0 Å². The van der Waals surface area contributed by atoms with E-state index in [1.54, 1.807) is 0 Å². The molecule has 0 fully saturated rings. The summed E-state index contributed by atoms with van der Waals surface area (Å²) < 4.78 is 0. The third kappa shape index (κ3) is 0.816. The van der Waals surface area contributed by atoms with E-state index in [0.29, 0.717) is 0 Å². The fourth-order valence-corrected chi connectivity index (χ4v) is 1.84. The number of hydrogen-bond donors (Lipinski definition) is 1. The predicted octanol–water partition coefficient (Wildman–Crippen LogP) is 1.79. The number of rotatable bonds is 0. The fraction of sp³-hybridized carbons (Fsp3) is 0.556. The van der Waals surface area contributed by atoms with Gasteiger partial charge in [0.25, 0.3) is 0 Å². The molecule has 1 heteroatoms. The SMILES string of the molecule is OC1CC=CC2=C1CCC2. The van der Waals surface area contributed by atoms with E-state index in [9.17, 15) is 5.11 Å². The van der Waals surface area contributed by atoms with Gasteiger partial charge in [0.15, 0.2) is 0 Å². The van der Waals surface area contributed by atoms with Gasteiger partial charge in [0, 0.05) is 0 Å². The topological polar surface area (TPSA) is 20.2 Å². The van der Waals surface area contributed by atoms with Crippen LogP contribution in [0.1, 0.15) is 25.7 Å². The first kappa shape index (κ1) is 6.17. The summed E-state index contributed by atoms with van der Waals surface area (Å²) in [5.74, 6) is 0. The average Bonchev–Trinajstić information content (AvgIpc) is 2.36. The molecule has 0 spiro atoms. The van der Waals surface area contributed by atoms with Crippen LogP contribution in [0.15, 0.2) is 23.3 Å². The second-order valence-corrected chi connectivity index (χ2v) is 3.06. The first-order chi connectivity index (χ1) is 4.88. The molecule has 0 saturated heterocycles. The Balaban J connectivity index is 2.30. The number of allylic oxidation sites excluding steroid dienone is 2. The Morgan fingerprint density at radius 2 is 2.30 bits per heavy atom. The Hall–Kier alpha value is -0.560. The highest BCUT2D eigenvalue weighted by atomic mass is 16.3. The van der Waals surface area contributed by atoms with Crippen LogP contribution in [-0.2, 0) is 0 Å². The second-order valence-electron chi connectivity index (χ2n) is 3.06. The van der Waals surface area contributed by atoms with Crippen molar-refractivity contribution < 1.29 is 5.11 Å². The Labute approximate surface area is 61.1 Å². The molecule has 0 aliphatic heterocycles. The summed E-state index contributed by atoms with van der Waals surface area (Å²) in [6.45, 7) is 0. The monoisotopic (exact) mass is 136 g/mol. The maximum atomic E-state index is 9.47. The van der Waals surface area contributed by atoms with Gasteiger partial charge in [-0.1, -0.05) is 12.2 Å².